The highest BCUT2D eigenvalue weighted by molar-refractivity contribution is 8.00. The largest absolute Gasteiger partial charge is 0.477 e. The molecule has 0 aromatic heterocycles. The van der Waals surface area contributed by atoms with Crippen LogP contribution in [0.15, 0.2) is 41.6 Å². The van der Waals surface area contributed by atoms with Gasteiger partial charge >= 0.3 is 11.9 Å². The number of benzene rings is 1. The third kappa shape index (κ3) is 3.66. The van der Waals surface area contributed by atoms with Crippen LogP contribution in [0.4, 0.5) is 0 Å². The van der Waals surface area contributed by atoms with E-state index >= 15 is 0 Å². The molecule has 2 aliphatic rings. The minimum atomic E-state index is -1.83. The molecule has 11 heteroatoms. The number of amides is 2. The van der Waals surface area contributed by atoms with Gasteiger partial charge in [-0.25, -0.2) is 4.79 Å². The van der Waals surface area contributed by atoms with Crippen molar-refractivity contribution in [3.8, 4) is 0 Å². The molecule has 1 aromatic carbocycles. The SMILES string of the molecule is CO[C@]1(NC(=O)C(O)c2ccccc2)C(=O)N2C(C(=O)O)=C(COC(C)=O)CS[C@@H]21. The molecule has 2 amide bonds. The Hall–Kier alpha value is -2.89. The van der Waals surface area contributed by atoms with Crippen molar-refractivity contribution < 1.29 is 38.9 Å². The van der Waals surface area contributed by atoms with E-state index in [1.165, 1.54) is 14.0 Å². The lowest BCUT2D eigenvalue weighted by Crippen LogP contribution is -2.81. The molecule has 1 fully saturated rings. The fourth-order valence-electron chi connectivity index (χ4n) is 3.28. The van der Waals surface area contributed by atoms with E-state index in [0.29, 0.717) is 5.56 Å². The molecule has 1 aromatic rings. The van der Waals surface area contributed by atoms with E-state index in [0.717, 1.165) is 16.7 Å². The number of aliphatic hydroxyl groups excluding tert-OH is 1. The Morgan fingerprint density at radius 1 is 1.33 bits per heavy atom. The minimum absolute atomic E-state index is 0.144. The Labute approximate surface area is 175 Å². The second-order valence-electron chi connectivity index (χ2n) is 6.62. The van der Waals surface area contributed by atoms with Crippen LogP contribution in [0.1, 0.15) is 18.6 Å². The summed E-state index contributed by atoms with van der Waals surface area (Å²) >= 11 is 1.15. The van der Waals surface area contributed by atoms with E-state index in [1.54, 1.807) is 30.3 Å². The number of aliphatic carboxylic acids is 1. The highest BCUT2D eigenvalue weighted by Gasteiger charge is 2.66. The number of carboxylic acid groups (broad SMARTS) is 1. The van der Waals surface area contributed by atoms with Crippen molar-refractivity contribution in [3.63, 3.8) is 0 Å². The lowest BCUT2D eigenvalue weighted by Gasteiger charge is -2.55. The summed E-state index contributed by atoms with van der Waals surface area (Å²) in [6.07, 6.45) is -1.54. The van der Waals surface area contributed by atoms with Crippen LogP contribution < -0.4 is 5.32 Å². The first kappa shape index (κ1) is 21.8. The number of rotatable bonds is 7. The third-order valence-corrected chi connectivity index (χ3v) is 6.13. The quantitative estimate of drug-likeness (QED) is 0.306. The summed E-state index contributed by atoms with van der Waals surface area (Å²) in [6.45, 7) is 0.928. The van der Waals surface area contributed by atoms with Crippen LogP contribution in [-0.2, 0) is 28.7 Å². The molecule has 3 N–H and O–H groups in total. The van der Waals surface area contributed by atoms with Crippen LogP contribution in [0.25, 0.3) is 0 Å². The number of carboxylic acids is 1. The molecule has 2 aliphatic heterocycles. The molecular weight excluding hydrogens is 416 g/mol. The number of carbonyl (C=O) groups excluding carboxylic acids is 3. The smallest absolute Gasteiger partial charge is 0.352 e. The molecule has 1 unspecified atom stereocenters. The average Bonchev–Trinajstić information content (AvgIpc) is 2.74. The van der Waals surface area contributed by atoms with Gasteiger partial charge in [-0.2, -0.15) is 0 Å². The second-order valence-corrected chi connectivity index (χ2v) is 7.69. The maximum Gasteiger partial charge on any atom is 0.352 e. The molecule has 0 saturated carbocycles. The third-order valence-electron chi connectivity index (χ3n) is 4.76. The number of hydrogen-bond acceptors (Lipinski definition) is 8. The van der Waals surface area contributed by atoms with E-state index < -0.39 is 41.0 Å². The van der Waals surface area contributed by atoms with Crippen LogP contribution in [0.3, 0.4) is 0 Å². The number of esters is 1. The Bertz CT molecular complexity index is 918. The number of aliphatic hydroxyl groups is 1. The minimum Gasteiger partial charge on any atom is -0.477 e. The molecule has 30 heavy (non-hydrogen) atoms. The van der Waals surface area contributed by atoms with Crippen molar-refractivity contribution in [1.82, 2.24) is 10.2 Å². The summed E-state index contributed by atoms with van der Waals surface area (Å²) in [7, 11) is 1.21. The number of nitrogens with zero attached hydrogens (tertiary/aromatic N) is 1. The number of hydrogen-bond donors (Lipinski definition) is 3. The van der Waals surface area contributed by atoms with Gasteiger partial charge in [-0.15, -0.1) is 11.8 Å². The molecule has 1 saturated heterocycles. The number of thioether (sulfide) groups is 1. The molecule has 3 rings (SSSR count). The predicted octanol–water partition coefficient (Wildman–Crippen LogP) is -0.00420. The van der Waals surface area contributed by atoms with Gasteiger partial charge in [-0.1, -0.05) is 30.3 Å². The van der Waals surface area contributed by atoms with Gasteiger partial charge in [0.15, 0.2) is 6.10 Å². The van der Waals surface area contributed by atoms with Crippen molar-refractivity contribution in [2.75, 3.05) is 19.5 Å². The Balaban J connectivity index is 1.84. The number of methoxy groups -OCH3 is 1. The van der Waals surface area contributed by atoms with Crippen molar-refractivity contribution in [2.24, 2.45) is 0 Å². The van der Waals surface area contributed by atoms with Crippen LogP contribution in [0.5, 0.6) is 0 Å². The van der Waals surface area contributed by atoms with Gasteiger partial charge in [0, 0.05) is 25.4 Å². The van der Waals surface area contributed by atoms with E-state index in [-0.39, 0.29) is 23.6 Å². The van der Waals surface area contributed by atoms with Crippen molar-refractivity contribution in [2.45, 2.75) is 24.1 Å². The molecule has 3 atom stereocenters. The number of nitrogens with one attached hydrogen (secondary N) is 1. The fraction of sp³-hybridized carbons (Fsp3) is 0.368. The maximum absolute atomic E-state index is 12.9. The lowest BCUT2D eigenvalue weighted by molar-refractivity contribution is -0.194. The molecule has 160 valence electrons. The standard InChI is InChI=1S/C19H20N2O8S/c1-10(22)29-8-12-9-30-18-19(28-2,17(27)21(18)13(12)16(25)26)20-15(24)14(23)11-6-4-3-5-7-11/h3-7,14,18,23H,8-9H2,1-2H3,(H,20,24)(H,25,26)/t14?,18-,19-/m1/s1. The monoisotopic (exact) mass is 436 g/mol. The first-order chi connectivity index (χ1) is 14.2. The molecule has 2 heterocycles. The number of ether oxygens (including phenoxy) is 2. The van der Waals surface area contributed by atoms with E-state index in [4.69, 9.17) is 9.47 Å². The Morgan fingerprint density at radius 3 is 2.57 bits per heavy atom. The van der Waals surface area contributed by atoms with Crippen LogP contribution in [0, 0.1) is 0 Å². The average molecular weight is 436 g/mol. The second kappa shape index (κ2) is 8.46. The summed E-state index contributed by atoms with van der Waals surface area (Å²) in [6, 6.07) is 8.14. The van der Waals surface area contributed by atoms with Gasteiger partial charge in [0.2, 0.25) is 0 Å². The molecule has 10 nitrogen and oxygen atoms in total. The van der Waals surface area contributed by atoms with Gasteiger partial charge in [0.25, 0.3) is 17.5 Å². The summed E-state index contributed by atoms with van der Waals surface area (Å²) < 4.78 is 10.2. The van der Waals surface area contributed by atoms with Gasteiger partial charge < -0.3 is 25.0 Å². The highest BCUT2D eigenvalue weighted by Crippen LogP contribution is 2.46. The van der Waals surface area contributed by atoms with Gasteiger partial charge in [0.05, 0.1) is 0 Å². The highest BCUT2D eigenvalue weighted by atomic mass is 32.2. The number of carbonyl (C=O) groups is 4. The zero-order valence-electron chi connectivity index (χ0n) is 16.2. The van der Waals surface area contributed by atoms with Gasteiger partial charge in [0.1, 0.15) is 17.7 Å². The van der Waals surface area contributed by atoms with Crippen molar-refractivity contribution in [1.29, 1.82) is 0 Å². The first-order valence-corrected chi connectivity index (χ1v) is 9.92. The molecule has 0 aliphatic carbocycles. The lowest BCUT2D eigenvalue weighted by atomic mass is 9.97. The number of β-lactam (4-membered cyclic amide) rings is 1. The normalized spacial score (nSPS) is 23.9. The van der Waals surface area contributed by atoms with E-state index in [2.05, 4.69) is 5.32 Å². The van der Waals surface area contributed by atoms with Crippen molar-refractivity contribution in [3.05, 3.63) is 47.2 Å². The Kier molecular flexibility index (Phi) is 6.15. The van der Waals surface area contributed by atoms with E-state index in [1.807, 2.05) is 0 Å². The summed E-state index contributed by atoms with van der Waals surface area (Å²) in [5, 5.41) is 21.5. The molecule has 0 radical (unpaired) electrons. The topological polar surface area (TPSA) is 142 Å². The number of fused-ring (bicyclic) bond motifs is 1. The molecule has 0 spiro atoms. The van der Waals surface area contributed by atoms with E-state index in [9.17, 15) is 29.4 Å². The zero-order chi connectivity index (χ0) is 22.1. The zero-order valence-corrected chi connectivity index (χ0v) is 17.0. The van der Waals surface area contributed by atoms with Crippen LogP contribution >= 0.6 is 11.8 Å². The van der Waals surface area contributed by atoms with Crippen LogP contribution in [-0.4, -0.2) is 69.4 Å². The molecule has 0 bridgehead atoms. The summed E-state index contributed by atoms with van der Waals surface area (Å²) in [5.41, 5.74) is -1.55. The van der Waals surface area contributed by atoms with Gasteiger partial charge in [-0.05, 0) is 5.56 Å². The van der Waals surface area contributed by atoms with Crippen LogP contribution in [0.2, 0.25) is 0 Å². The van der Waals surface area contributed by atoms with Gasteiger partial charge in [-0.3, -0.25) is 19.3 Å². The maximum atomic E-state index is 12.9. The fourth-order valence-corrected chi connectivity index (χ4v) is 4.70. The summed E-state index contributed by atoms with van der Waals surface area (Å²) in [5.74, 6) is -3.46. The van der Waals surface area contributed by atoms with Crippen molar-refractivity contribution >= 4 is 35.5 Å². The first-order valence-electron chi connectivity index (χ1n) is 8.87. The summed E-state index contributed by atoms with van der Waals surface area (Å²) in [4.78, 5) is 49.4. The molecular formula is C19H20N2O8S. The predicted molar refractivity (Wildman–Crippen MR) is 104 cm³/mol. The Morgan fingerprint density at radius 2 is 2.00 bits per heavy atom.